The molecule has 1 unspecified atom stereocenters. The van der Waals surface area contributed by atoms with Gasteiger partial charge < -0.3 is 16.8 Å². The largest absolute Gasteiger partial charge is 0.313 e. The lowest BCUT2D eigenvalue weighted by atomic mass is 9.95. The highest BCUT2D eigenvalue weighted by Crippen LogP contribution is 2.13. The van der Waals surface area contributed by atoms with E-state index in [1.54, 1.807) is 0 Å². The Hall–Kier alpha value is 0.170. The molecule has 1 saturated heterocycles. The quantitative estimate of drug-likeness (QED) is 0.364. The minimum Gasteiger partial charge on any atom is -0.313 e. The fourth-order valence-corrected chi connectivity index (χ4v) is 1.47. The molecule has 5 N–H and O–H groups in total. The predicted octanol–water partition coefficient (Wildman–Crippen LogP) is -0.409. The highest BCUT2D eigenvalue weighted by atomic mass is 35.5. The van der Waals surface area contributed by atoms with Gasteiger partial charge in [0.2, 0.25) is 0 Å². The van der Waals surface area contributed by atoms with E-state index in [2.05, 4.69) is 5.32 Å². The van der Waals surface area contributed by atoms with Crippen LogP contribution in [0.1, 0.15) is 12.8 Å². The molecule has 0 amide bonds. The Morgan fingerprint density at radius 1 is 1.60 bits per heavy atom. The zero-order chi connectivity index (χ0) is 7.61. The molecule has 0 bridgehead atoms. The number of piperidine rings is 1. The van der Waals surface area contributed by atoms with Crippen LogP contribution in [-0.2, 0) is 0 Å². The second-order valence-corrected chi connectivity index (χ2v) is 3.30. The summed E-state index contributed by atoms with van der Waals surface area (Å²) in [6, 6.07) is 0.297. The first-order valence-corrected chi connectivity index (χ1v) is 4.04. The van der Waals surface area contributed by atoms with E-state index in [-0.39, 0.29) is 0 Å². The third kappa shape index (κ3) is 2.09. The molecule has 0 aliphatic carbocycles. The van der Waals surface area contributed by atoms with Crippen molar-refractivity contribution in [3.63, 3.8) is 0 Å². The molecule has 4 heteroatoms. The molecule has 1 rings (SSSR count). The first-order valence-electron chi connectivity index (χ1n) is 3.51. The second kappa shape index (κ2) is 3.05. The maximum absolute atomic E-state index is 5.72. The summed E-state index contributed by atoms with van der Waals surface area (Å²) in [6.45, 7) is 0.879. The third-order valence-electron chi connectivity index (χ3n) is 1.84. The Morgan fingerprint density at radius 3 is 2.70 bits per heavy atom. The minimum absolute atomic E-state index is 0.297. The molecular formula is C6H14ClN3. The van der Waals surface area contributed by atoms with Gasteiger partial charge in [0.05, 0.1) is 5.66 Å². The number of nitrogens with one attached hydrogen (secondary N) is 1. The van der Waals surface area contributed by atoms with E-state index in [0.717, 1.165) is 19.4 Å². The molecular weight excluding hydrogens is 150 g/mol. The van der Waals surface area contributed by atoms with Gasteiger partial charge in [0, 0.05) is 11.9 Å². The maximum Gasteiger partial charge on any atom is 0.0664 e. The number of halogens is 1. The Kier molecular flexibility index (Phi) is 2.52. The van der Waals surface area contributed by atoms with E-state index >= 15 is 0 Å². The van der Waals surface area contributed by atoms with Crippen molar-refractivity contribution < 1.29 is 0 Å². The number of hydrogen-bond acceptors (Lipinski definition) is 3. The SMILES string of the molecule is NC1(N)CCNC(CCl)C1. The molecule has 0 aromatic carbocycles. The first-order chi connectivity index (χ1) is 4.64. The van der Waals surface area contributed by atoms with E-state index in [0.29, 0.717) is 11.9 Å². The van der Waals surface area contributed by atoms with Crippen LogP contribution in [0.3, 0.4) is 0 Å². The van der Waals surface area contributed by atoms with Crippen molar-refractivity contribution in [1.82, 2.24) is 5.32 Å². The van der Waals surface area contributed by atoms with Gasteiger partial charge in [-0.1, -0.05) is 0 Å². The van der Waals surface area contributed by atoms with Crippen LogP contribution in [0.15, 0.2) is 0 Å². The minimum atomic E-state index is -0.495. The standard InChI is InChI=1S/C6H14ClN3/c7-4-5-3-6(8,9)1-2-10-5/h5,10H,1-4,8-9H2. The van der Waals surface area contributed by atoms with Crippen LogP contribution in [0, 0.1) is 0 Å². The molecule has 1 heterocycles. The lowest BCUT2D eigenvalue weighted by Gasteiger charge is -2.34. The highest BCUT2D eigenvalue weighted by Gasteiger charge is 2.27. The molecule has 1 fully saturated rings. The summed E-state index contributed by atoms with van der Waals surface area (Å²) in [6.07, 6.45) is 1.61. The molecule has 10 heavy (non-hydrogen) atoms. The fraction of sp³-hybridized carbons (Fsp3) is 1.00. The highest BCUT2D eigenvalue weighted by molar-refractivity contribution is 6.18. The van der Waals surface area contributed by atoms with Crippen LogP contribution in [0.25, 0.3) is 0 Å². The molecule has 3 nitrogen and oxygen atoms in total. The van der Waals surface area contributed by atoms with E-state index < -0.39 is 5.66 Å². The van der Waals surface area contributed by atoms with Gasteiger partial charge in [0.15, 0.2) is 0 Å². The van der Waals surface area contributed by atoms with Crippen LogP contribution in [0.2, 0.25) is 0 Å². The van der Waals surface area contributed by atoms with Crippen molar-refractivity contribution in [2.24, 2.45) is 11.5 Å². The summed E-state index contributed by atoms with van der Waals surface area (Å²) >= 11 is 5.63. The zero-order valence-electron chi connectivity index (χ0n) is 5.94. The molecule has 1 aliphatic heterocycles. The average Bonchev–Trinajstić information content (AvgIpc) is 1.86. The molecule has 0 radical (unpaired) electrons. The van der Waals surface area contributed by atoms with Crippen LogP contribution in [0.5, 0.6) is 0 Å². The maximum atomic E-state index is 5.72. The number of nitrogens with two attached hydrogens (primary N) is 2. The van der Waals surface area contributed by atoms with Crippen molar-refractivity contribution in [1.29, 1.82) is 0 Å². The summed E-state index contributed by atoms with van der Waals surface area (Å²) in [7, 11) is 0. The lowest BCUT2D eigenvalue weighted by molar-refractivity contribution is 0.274. The van der Waals surface area contributed by atoms with Crippen LogP contribution < -0.4 is 16.8 Å². The van der Waals surface area contributed by atoms with Gasteiger partial charge in [0.25, 0.3) is 0 Å². The molecule has 1 atom stereocenters. The van der Waals surface area contributed by atoms with E-state index in [1.165, 1.54) is 0 Å². The Balaban J connectivity index is 2.40. The Bertz CT molecular complexity index is 116. The van der Waals surface area contributed by atoms with Gasteiger partial charge in [-0.2, -0.15) is 0 Å². The van der Waals surface area contributed by atoms with Crippen molar-refractivity contribution in [2.75, 3.05) is 12.4 Å². The molecule has 0 aromatic rings. The van der Waals surface area contributed by atoms with Crippen LogP contribution in [-0.4, -0.2) is 24.1 Å². The van der Waals surface area contributed by atoms with Crippen LogP contribution >= 0.6 is 11.6 Å². The monoisotopic (exact) mass is 163 g/mol. The molecule has 0 aromatic heterocycles. The van der Waals surface area contributed by atoms with Crippen molar-refractivity contribution in [3.8, 4) is 0 Å². The summed E-state index contributed by atoms with van der Waals surface area (Å²) in [5.41, 5.74) is 11.0. The van der Waals surface area contributed by atoms with Crippen LogP contribution in [0.4, 0.5) is 0 Å². The lowest BCUT2D eigenvalue weighted by Crippen LogP contribution is -2.59. The smallest absolute Gasteiger partial charge is 0.0664 e. The second-order valence-electron chi connectivity index (χ2n) is 2.99. The van der Waals surface area contributed by atoms with Crippen molar-refractivity contribution in [2.45, 2.75) is 24.5 Å². The first kappa shape index (κ1) is 8.27. The van der Waals surface area contributed by atoms with E-state index in [9.17, 15) is 0 Å². The van der Waals surface area contributed by atoms with Gasteiger partial charge >= 0.3 is 0 Å². The van der Waals surface area contributed by atoms with Gasteiger partial charge in [0.1, 0.15) is 0 Å². The van der Waals surface area contributed by atoms with Crippen molar-refractivity contribution >= 4 is 11.6 Å². The van der Waals surface area contributed by atoms with Gasteiger partial charge in [-0.05, 0) is 19.4 Å². The number of hydrogen-bond donors (Lipinski definition) is 3. The summed E-state index contributed by atoms with van der Waals surface area (Å²) < 4.78 is 0. The summed E-state index contributed by atoms with van der Waals surface area (Å²) in [5, 5.41) is 3.23. The summed E-state index contributed by atoms with van der Waals surface area (Å²) in [5.74, 6) is 0.593. The van der Waals surface area contributed by atoms with E-state index in [1.807, 2.05) is 0 Å². The number of alkyl halides is 1. The normalized spacial score (nSPS) is 32.1. The zero-order valence-corrected chi connectivity index (χ0v) is 6.69. The molecule has 1 aliphatic rings. The molecule has 0 saturated carbocycles. The molecule has 60 valence electrons. The fourth-order valence-electron chi connectivity index (χ4n) is 1.25. The van der Waals surface area contributed by atoms with Crippen molar-refractivity contribution in [3.05, 3.63) is 0 Å². The predicted molar refractivity (Wildman–Crippen MR) is 42.9 cm³/mol. The third-order valence-corrected chi connectivity index (χ3v) is 2.21. The van der Waals surface area contributed by atoms with Gasteiger partial charge in [-0.15, -0.1) is 11.6 Å². The number of rotatable bonds is 1. The van der Waals surface area contributed by atoms with Gasteiger partial charge in [-0.3, -0.25) is 0 Å². The van der Waals surface area contributed by atoms with E-state index in [4.69, 9.17) is 23.1 Å². The Labute approximate surface area is 66.1 Å². The Morgan fingerprint density at radius 2 is 2.30 bits per heavy atom. The average molecular weight is 164 g/mol. The summed E-state index contributed by atoms with van der Waals surface area (Å²) in [4.78, 5) is 0. The van der Waals surface area contributed by atoms with Gasteiger partial charge in [-0.25, -0.2) is 0 Å². The molecule has 0 spiro atoms. The topological polar surface area (TPSA) is 64.1 Å².